The van der Waals surface area contributed by atoms with E-state index in [1.54, 1.807) is 0 Å². The Balaban J connectivity index is 1.83. The van der Waals surface area contributed by atoms with Gasteiger partial charge in [0.1, 0.15) is 0 Å². The molecule has 17 heavy (non-hydrogen) atoms. The summed E-state index contributed by atoms with van der Waals surface area (Å²) < 4.78 is 10.8. The zero-order valence-corrected chi connectivity index (χ0v) is 10.7. The Hall–Kier alpha value is -0.610. The third-order valence-electron chi connectivity index (χ3n) is 4.06. The first-order valence-electron chi connectivity index (χ1n) is 6.72. The molecule has 0 aromatic carbocycles. The Bertz CT molecular complexity index is 255. The predicted octanol–water partition coefficient (Wildman–Crippen LogP) is 1.35. The molecule has 2 unspecified atom stereocenters. The molecular formula is C13H23NO3. The van der Waals surface area contributed by atoms with Crippen LogP contribution in [0.3, 0.4) is 0 Å². The number of rotatable bonds is 4. The Morgan fingerprint density at radius 1 is 1.59 bits per heavy atom. The average molecular weight is 241 g/mol. The third-order valence-corrected chi connectivity index (χ3v) is 4.06. The van der Waals surface area contributed by atoms with E-state index < -0.39 is 0 Å². The lowest BCUT2D eigenvalue weighted by Gasteiger charge is -2.34. The van der Waals surface area contributed by atoms with Crippen LogP contribution in [0.4, 0.5) is 0 Å². The minimum Gasteiger partial charge on any atom is -0.465 e. The van der Waals surface area contributed by atoms with E-state index in [2.05, 4.69) is 12.2 Å². The molecule has 0 bridgehead atoms. The van der Waals surface area contributed by atoms with Crippen LogP contribution in [0.25, 0.3) is 0 Å². The van der Waals surface area contributed by atoms with Crippen LogP contribution in [0.5, 0.6) is 0 Å². The molecule has 2 fully saturated rings. The lowest BCUT2D eigenvalue weighted by atomic mass is 9.78. The quantitative estimate of drug-likeness (QED) is 0.755. The normalized spacial score (nSPS) is 33.6. The van der Waals surface area contributed by atoms with Crippen molar-refractivity contribution in [1.82, 2.24) is 5.32 Å². The van der Waals surface area contributed by atoms with Crippen molar-refractivity contribution in [2.24, 2.45) is 11.3 Å². The van der Waals surface area contributed by atoms with Crippen molar-refractivity contribution >= 4 is 5.97 Å². The van der Waals surface area contributed by atoms with Gasteiger partial charge in [-0.2, -0.15) is 0 Å². The first-order valence-corrected chi connectivity index (χ1v) is 6.72. The summed E-state index contributed by atoms with van der Waals surface area (Å²) in [5, 5.41) is 3.31. The molecule has 0 radical (unpaired) electrons. The molecule has 2 rings (SSSR count). The topological polar surface area (TPSA) is 47.6 Å². The van der Waals surface area contributed by atoms with Gasteiger partial charge in [0.2, 0.25) is 0 Å². The number of hydrogen-bond acceptors (Lipinski definition) is 4. The molecule has 2 heterocycles. The summed E-state index contributed by atoms with van der Waals surface area (Å²) in [6, 6.07) is 0. The number of carbonyl (C=O) groups excluding carboxylic acids is 1. The predicted molar refractivity (Wildman–Crippen MR) is 64.7 cm³/mol. The molecule has 1 N–H and O–H groups in total. The summed E-state index contributed by atoms with van der Waals surface area (Å²) in [5.74, 6) is 0.392. The van der Waals surface area contributed by atoms with Crippen molar-refractivity contribution in [2.45, 2.75) is 32.6 Å². The Morgan fingerprint density at radius 3 is 3.06 bits per heavy atom. The van der Waals surface area contributed by atoms with E-state index in [4.69, 9.17) is 9.47 Å². The molecule has 0 aromatic rings. The van der Waals surface area contributed by atoms with Crippen LogP contribution in [-0.2, 0) is 14.3 Å². The fourth-order valence-electron chi connectivity index (χ4n) is 2.65. The standard InChI is InChI=1S/C13H23NO3/c1-2-13(5-3-6-14-10-13)12(15)17-9-11-4-7-16-8-11/h11,14H,2-10H2,1H3. The first-order chi connectivity index (χ1) is 8.27. The molecule has 0 aromatic heterocycles. The van der Waals surface area contributed by atoms with E-state index in [1.165, 1.54) is 0 Å². The number of ether oxygens (including phenoxy) is 2. The van der Waals surface area contributed by atoms with Gasteiger partial charge >= 0.3 is 5.97 Å². The Morgan fingerprint density at radius 2 is 2.47 bits per heavy atom. The summed E-state index contributed by atoms with van der Waals surface area (Å²) in [6.45, 7) is 5.94. The van der Waals surface area contributed by atoms with E-state index in [0.29, 0.717) is 12.5 Å². The molecule has 2 saturated heterocycles. The first kappa shape index (κ1) is 12.8. The highest BCUT2D eigenvalue weighted by Gasteiger charge is 2.39. The number of nitrogens with one attached hydrogen (secondary N) is 1. The van der Waals surface area contributed by atoms with E-state index in [-0.39, 0.29) is 11.4 Å². The highest BCUT2D eigenvalue weighted by atomic mass is 16.5. The lowest BCUT2D eigenvalue weighted by molar-refractivity contribution is -0.158. The maximum atomic E-state index is 12.2. The summed E-state index contributed by atoms with van der Waals surface area (Å²) in [6.07, 6.45) is 3.90. The van der Waals surface area contributed by atoms with Gasteiger partial charge in [-0.05, 0) is 32.2 Å². The molecule has 2 aliphatic rings. The van der Waals surface area contributed by atoms with Crippen LogP contribution in [0.15, 0.2) is 0 Å². The van der Waals surface area contributed by atoms with Crippen LogP contribution in [0.2, 0.25) is 0 Å². The second-order valence-electron chi connectivity index (χ2n) is 5.24. The van der Waals surface area contributed by atoms with Crippen LogP contribution >= 0.6 is 0 Å². The molecule has 0 spiro atoms. The summed E-state index contributed by atoms with van der Waals surface area (Å²) >= 11 is 0. The van der Waals surface area contributed by atoms with Crippen molar-refractivity contribution in [2.75, 3.05) is 32.9 Å². The SMILES string of the molecule is CCC1(C(=O)OCC2CCOC2)CCCNC1. The second-order valence-corrected chi connectivity index (χ2v) is 5.24. The van der Waals surface area contributed by atoms with Gasteiger partial charge in [-0.1, -0.05) is 6.92 Å². The minimum atomic E-state index is -0.280. The van der Waals surface area contributed by atoms with Crippen LogP contribution in [0, 0.1) is 11.3 Å². The highest BCUT2D eigenvalue weighted by molar-refractivity contribution is 5.77. The minimum absolute atomic E-state index is 0.0147. The van der Waals surface area contributed by atoms with E-state index >= 15 is 0 Å². The zero-order chi connectivity index (χ0) is 12.1. The number of piperidine rings is 1. The van der Waals surface area contributed by atoms with Gasteiger partial charge in [-0.25, -0.2) is 0 Å². The Kier molecular flexibility index (Phi) is 4.40. The molecular weight excluding hydrogens is 218 g/mol. The van der Waals surface area contributed by atoms with Crippen molar-refractivity contribution < 1.29 is 14.3 Å². The number of carbonyl (C=O) groups is 1. The van der Waals surface area contributed by atoms with E-state index in [0.717, 1.165) is 52.0 Å². The second kappa shape index (κ2) is 5.83. The van der Waals surface area contributed by atoms with Crippen molar-refractivity contribution in [3.05, 3.63) is 0 Å². The van der Waals surface area contributed by atoms with Crippen LogP contribution < -0.4 is 5.32 Å². The molecule has 2 aliphatic heterocycles. The van der Waals surface area contributed by atoms with Gasteiger partial charge in [0.25, 0.3) is 0 Å². The van der Waals surface area contributed by atoms with E-state index in [9.17, 15) is 4.79 Å². The number of hydrogen-bond donors (Lipinski definition) is 1. The largest absolute Gasteiger partial charge is 0.465 e. The maximum Gasteiger partial charge on any atom is 0.313 e. The van der Waals surface area contributed by atoms with Gasteiger partial charge in [0.05, 0.1) is 18.6 Å². The summed E-state index contributed by atoms with van der Waals surface area (Å²) in [5.41, 5.74) is -0.280. The van der Waals surface area contributed by atoms with Gasteiger partial charge in [-0.15, -0.1) is 0 Å². The highest BCUT2D eigenvalue weighted by Crippen LogP contribution is 2.31. The zero-order valence-electron chi connectivity index (χ0n) is 10.7. The van der Waals surface area contributed by atoms with Crippen LogP contribution in [-0.4, -0.2) is 38.9 Å². The monoisotopic (exact) mass is 241 g/mol. The van der Waals surface area contributed by atoms with Gasteiger partial charge in [-0.3, -0.25) is 4.79 Å². The lowest BCUT2D eigenvalue weighted by Crippen LogP contribution is -2.46. The molecule has 0 saturated carbocycles. The fraction of sp³-hybridized carbons (Fsp3) is 0.923. The summed E-state index contributed by atoms with van der Waals surface area (Å²) in [4.78, 5) is 12.2. The third kappa shape index (κ3) is 2.99. The average Bonchev–Trinajstić information content (AvgIpc) is 2.90. The molecule has 4 heteroatoms. The molecule has 0 aliphatic carbocycles. The summed E-state index contributed by atoms with van der Waals surface area (Å²) in [7, 11) is 0. The Labute approximate surface area is 103 Å². The van der Waals surface area contributed by atoms with Gasteiger partial charge in [0, 0.05) is 19.1 Å². The molecule has 2 atom stereocenters. The smallest absolute Gasteiger partial charge is 0.313 e. The van der Waals surface area contributed by atoms with Crippen molar-refractivity contribution in [3.63, 3.8) is 0 Å². The van der Waals surface area contributed by atoms with Crippen molar-refractivity contribution in [1.29, 1.82) is 0 Å². The van der Waals surface area contributed by atoms with Gasteiger partial charge < -0.3 is 14.8 Å². The van der Waals surface area contributed by atoms with Crippen molar-refractivity contribution in [3.8, 4) is 0 Å². The van der Waals surface area contributed by atoms with E-state index in [1.807, 2.05) is 0 Å². The van der Waals surface area contributed by atoms with Crippen LogP contribution in [0.1, 0.15) is 32.6 Å². The molecule has 4 nitrogen and oxygen atoms in total. The van der Waals surface area contributed by atoms with Gasteiger partial charge in [0.15, 0.2) is 0 Å². The molecule has 98 valence electrons. The fourth-order valence-corrected chi connectivity index (χ4v) is 2.65. The molecule has 0 amide bonds. The maximum absolute atomic E-state index is 12.2. The number of esters is 1.